The average Bonchev–Trinajstić information content (AvgIpc) is 3.40. The molecular weight excluding hydrogens is 419 g/mol. The number of imide groups is 1. The Bertz CT molecular complexity index is 1100. The first kappa shape index (κ1) is 20.7. The second-order valence-electron chi connectivity index (χ2n) is 7.00. The van der Waals surface area contributed by atoms with Crippen molar-refractivity contribution in [2.45, 2.75) is 19.0 Å². The molecule has 31 heavy (non-hydrogen) atoms. The van der Waals surface area contributed by atoms with E-state index in [4.69, 9.17) is 4.74 Å². The molecule has 0 spiro atoms. The fourth-order valence-corrected chi connectivity index (χ4v) is 4.22. The van der Waals surface area contributed by atoms with Crippen LogP contribution in [0, 0.1) is 5.82 Å². The number of halogens is 1. The van der Waals surface area contributed by atoms with Gasteiger partial charge in [-0.3, -0.25) is 14.4 Å². The van der Waals surface area contributed by atoms with Crippen molar-refractivity contribution in [2.75, 3.05) is 12.0 Å². The number of anilines is 1. The van der Waals surface area contributed by atoms with E-state index in [1.165, 1.54) is 47.6 Å². The zero-order valence-electron chi connectivity index (χ0n) is 16.7. The Kier molecular flexibility index (Phi) is 5.81. The van der Waals surface area contributed by atoms with Crippen LogP contribution >= 0.6 is 11.3 Å². The maximum Gasteiger partial charge on any atom is 0.257 e. The van der Waals surface area contributed by atoms with Gasteiger partial charge in [0.2, 0.25) is 5.91 Å². The van der Waals surface area contributed by atoms with Gasteiger partial charge in [0.15, 0.2) is 0 Å². The standard InChI is InChI=1S/C23H19FN2O4S/c1-30-18-10-4-15(5-11-18)22(28)25(14-19-3-2-12-31-19)20-13-21(27)26(23(20)29)17-8-6-16(24)7-9-17/h2-12,20H,13-14H2,1H3. The van der Waals surface area contributed by atoms with E-state index in [1.54, 1.807) is 24.3 Å². The first-order valence-corrected chi connectivity index (χ1v) is 10.5. The summed E-state index contributed by atoms with van der Waals surface area (Å²) in [4.78, 5) is 42.6. The van der Waals surface area contributed by atoms with Gasteiger partial charge in [-0.1, -0.05) is 6.07 Å². The van der Waals surface area contributed by atoms with Gasteiger partial charge in [-0.15, -0.1) is 11.3 Å². The van der Waals surface area contributed by atoms with E-state index >= 15 is 0 Å². The van der Waals surface area contributed by atoms with E-state index in [2.05, 4.69) is 0 Å². The van der Waals surface area contributed by atoms with Gasteiger partial charge in [-0.05, 0) is 60.0 Å². The second-order valence-corrected chi connectivity index (χ2v) is 8.04. The highest BCUT2D eigenvalue weighted by Gasteiger charge is 2.44. The Balaban J connectivity index is 1.66. The van der Waals surface area contributed by atoms with Gasteiger partial charge in [0.05, 0.1) is 25.8 Å². The zero-order valence-corrected chi connectivity index (χ0v) is 17.5. The highest BCUT2D eigenvalue weighted by molar-refractivity contribution is 7.09. The molecule has 0 bridgehead atoms. The molecule has 0 N–H and O–H groups in total. The maximum atomic E-state index is 13.4. The van der Waals surface area contributed by atoms with Crippen LogP contribution in [0.25, 0.3) is 0 Å². The van der Waals surface area contributed by atoms with E-state index in [1.807, 2.05) is 17.5 Å². The molecule has 158 valence electrons. The molecule has 1 saturated heterocycles. The lowest BCUT2D eigenvalue weighted by molar-refractivity contribution is -0.122. The average molecular weight is 438 g/mol. The summed E-state index contributed by atoms with van der Waals surface area (Å²) >= 11 is 1.46. The number of ether oxygens (including phenoxy) is 1. The number of methoxy groups -OCH3 is 1. The smallest absolute Gasteiger partial charge is 0.257 e. The van der Waals surface area contributed by atoms with E-state index in [0.29, 0.717) is 11.3 Å². The fraction of sp³-hybridized carbons (Fsp3) is 0.174. The van der Waals surface area contributed by atoms with Crippen molar-refractivity contribution in [3.05, 3.63) is 82.3 Å². The Morgan fingerprint density at radius 2 is 1.84 bits per heavy atom. The number of nitrogens with zero attached hydrogens (tertiary/aromatic N) is 2. The minimum absolute atomic E-state index is 0.135. The van der Waals surface area contributed by atoms with Crippen LogP contribution in [0.4, 0.5) is 10.1 Å². The number of rotatable bonds is 6. The van der Waals surface area contributed by atoms with Gasteiger partial charge < -0.3 is 9.64 Å². The number of carbonyl (C=O) groups is 3. The molecule has 1 aromatic heterocycles. The summed E-state index contributed by atoms with van der Waals surface area (Å²) < 4.78 is 18.4. The second kappa shape index (κ2) is 8.69. The van der Waals surface area contributed by atoms with Gasteiger partial charge in [0.1, 0.15) is 17.6 Å². The molecule has 1 unspecified atom stereocenters. The Labute approximate surface area is 182 Å². The molecule has 1 atom stereocenters. The summed E-state index contributed by atoms with van der Waals surface area (Å²) in [5.74, 6) is -1.15. The summed E-state index contributed by atoms with van der Waals surface area (Å²) in [6.07, 6.45) is -0.135. The van der Waals surface area contributed by atoms with Gasteiger partial charge in [-0.2, -0.15) is 0 Å². The predicted molar refractivity (Wildman–Crippen MR) is 114 cm³/mol. The molecule has 1 aliphatic heterocycles. The highest BCUT2D eigenvalue weighted by atomic mass is 32.1. The third-order valence-corrected chi connectivity index (χ3v) is 5.95. The number of thiophene rings is 1. The molecule has 3 amide bonds. The van der Waals surface area contributed by atoms with Gasteiger partial charge in [0.25, 0.3) is 11.8 Å². The summed E-state index contributed by atoms with van der Waals surface area (Å²) in [7, 11) is 1.53. The van der Waals surface area contributed by atoms with Gasteiger partial charge in [0, 0.05) is 10.4 Å². The lowest BCUT2D eigenvalue weighted by atomic mass is 10.1. The highest BCUT2D eigenvalue weighted by Crippen LogP contribution is 2.29. The molecule has 8 heteroatoms. The molecule has 1 fully saturated rings. The van der Waals surface area contributed by atoms with Gasteiger partial charge in [-0.25, -0.2) is 9.29 Å². The number of carbonyl (C=O) groups excluding carboxylic acids is 3. The lowest BCUT2D eigenvalue weighted by Gasteiger charge is -2.27. The van der Waals surface area contributed by atoms with Crippen molar-refractivity contribution >= 4 is 34.7 Å². The first-order chi connectivity index (χ1) is 15.0. The molecule has 4 rings (SSSR count). The molecule has 2 aromatic carbocycles. The van der Waals surface area contributed by atoms with Crippen molar-refractivity contribution in [3.8, 4) is 5.75 Å². The van der Waals surface area contributed by atoms with E-state index in [-0.39, 0.29) is 24.6 Å². The largest absolute Gasteiger partial charge is 0.497 e. The fourth-order valence-electron chi connectivity index (χ4n) is 3.51. The summed E-state index contributed by atoms with van der Waals surface area (Å²) in [5, 5.41) is 1.89. The van der Waals surface area contributed by atoms with E-state index < -0.39 is 23.7 Å². The third-order valence-electron chi connectivity index (χ3n) is 5.09. The molecule has 0 aliphatic carbocycles. The van der Waals surface area contributed by atoms with Crippen LogP contribution in [0.1, 0.15) is 21.7 Å². The summed E-state index contributed by atoms with van der Waals surface area (Å²) in [6.45, 7) is 0.198. The van der Waals surface area contributed by atoms with Crippen LogP contribution in [-0.4, -0.2) is 35.8 Å². The normalized spacial score (nSPS) is 15.9. The van der Waals surface area contributed by atoms with Crippen LogP contribution in [0.15, 0.2) is 66.0 Å². The molecule has 6 nitrogen and oxygen atoms in total. The molecule has 0 saturated carbocycles. The molecular formula is C23H19FN2O4S. The van der Waals surface area contributed by atoms with E-state index in [0.717, 1.165) is 9.78 Å². The van der Waals surface area contributed by atoms with Crippen molar-refractivity contribution in [2.24, 2.45) is 0 Å². The summed E-state index contributed by atoms with van der Waals surface area (Å²) in [5.41, 5.74) is 0.671. The maximum absolute atomic E-state index is 13.4. The molecule has 3 aromatic rings. The van der Waals surface area contributed by atoms with Gasteiger partial charge >= 0.3 is 0 Å². The van der Waals surface area contributed by atoms with Crippen LogP contribution in [0.5, 0.6) is 5.75 Å². The zero-order chi connectivity index (χ0) is 22.0. The number of hydrogen-bond donors (Lipinski definition) is 0. The predicted octanol–water partition coefficient (Wildman–Crippen LogP) is 3.87. The third kappa shape index (κ3) is 4.20. The van der Waals surface area contributed by atoms with Crippen molar-refractivity contribution < 1.29 is 23.5 Å². The Morgan fingerprint density at radius 3 is 2.45 bits per heavy atom. The Morgan fingerprint density at radius 1 is 1.13 bits per heavy atom. The van der Waals surface area contributed by atoms with Crippen LogP contribution in [0.2, 0.25) is 0 Å². The minimum Gasteiger partial charge on any atom is -0.497 e. The Hall–Kier alpha value is -3.52. The lowest BCUT2D eigenvalue weighted by Crippen LogP contribution is -2.45. The van der Waals surface area contributed by atoms with Crippen LogP contribution < -0.4 is 9.64 Å². The van der Waals surface area contributed by atoms with E-state index in [9.17, 15) is 18.8 Å². The van der Waals surface area contributed by atoms with Crippen LogP contribution in [-0.2, 0) is 16.1 Å². The topological polar surface area (TPSA) is 66.9 Å². The molecule has 0 radical (unpaired) electrons. The number of amides is 3. The quantitative estimate of drug-likeness (QED) is 0.548. The summed E-state index contributed by atoms with van der Waals surface area (Å²) in [6, 6.07) is 14.5. The number of hydrogen-bond acceptors (Lipinski definition) is 5. The van der Waals surface area contributed by atoms with Crippen molar-refractivity contribution in [1.29, 1.82) is 0 Å². The molecule has 2 heterocycles. The first-order valence-electron chi connectivity index (χ1n) is 9.57. The SMILES string of the molecule is COc1ccc(C(=O)N(Cc2cccs2)C2CC(=O)N(c3ccc(F)cc3)C2=O)cc1. The monoisotopic (exact) mass is 438 g/mol. The number of benzene rings is 2. The minimum atomic E-state index is -0.950. The molecule has 1 aliphatic rings. The van der Waals surface area contributed by atoms with Crippen LogP contribution in [0.3, 0.4) is 0 Å². The van der Waals surface area contributed by atoms with Crippen molar-refractivity contribution in [3.63, 3.8) is 0 Å². The van der Waals surface area contributed by atoms with Crippen molar-refractivity contribution in [1.82, 2.24) is 4.90 Å².